The van der Waals surface area contributed by atoms with Crippen molar-refractivity contribution in [3.05, 3.63) is 0 Å². The lowest BCUT2D eigenvalue weighted by Gasteiger charge is -2.45. The maximum atomic E-state index is 11.7. The highest BCUT2D eigenvalue weighted by Gasteiger charge is 2.47. The van der Waals surface area contributed by atoms with Crippen LogP contribution in [0.3, 0.4) is 0 Å². The predicted molar refractivity (Wildman–Crippen MR) is 68.6 cm³/mol. The maximum absolute atomic E-state index is 11.7. The molecule has 0 saturated carbocycles. The zero-order chi connectivity index (χ0) is 11.0. The molecule has 1 fully saturated rings. The van der Waals surface area contributed by atoms with E-state index in [2.05, 4.69) is 33.0 Å². The first-order chi connectivity index (χ1) is 6.33. The number of likely N-dealkylation sites (tertiary alicyclic amines) is 1. The van der Waals surface area contributed by atoms with Gasteiger partial charge in [-0.15, -0.1) is 0 Å². The first-order valence-corrected chi connectivity index (χ1v) is 5.32. The third-order valence-corrected chi connectivity index (χ3v) is 3.72. The number of nitrogens with one attached hydrogen (secondary N) is 1. The molecule has 0 aromatic heterocycles. The molecule has 1 saturated heterocycles. The molecule has 0 unspecified atom stereocenters. The molecule has 15 heavy (non-hydrogen) atoms. The summed E-state index contributed by atoms with van der Waals surface area (Å²) in [6.45, 7) is 9.68. The van der Waals surface area contributed by atoms with Gasteiger partial charge in [0.15, 0.2) is 0 Å². The van der Waals surface area contributed by atoms with Gasteiger partial charge in [0.1, 0.15) is 0 Å². The normalized spacial score (nSPS) is 26.1. The quantitative estimate of drug-likeness (QED) is 0.683. The number of urea groups is 1. The van der Waals surface area contributed by atoms with E-state index in [0.717, 1.165) is 19.4 Å². The van der Waals surface area contributed by atoms with Crippen molar-refractivity contribution in [3.8, 4) is 0 Å². The second kappa shape index (κ2) is 4.64. The van der Waals surface area contributed by atoms with E-state index in [1.165, 1.54) is 0 Å². The summed E-state index contributed by atoms with van der Waals surface area (Å²) in [6.07, 6.45) is 2.21. The van der Waals surface area contributed by atoms with Crippen molar-refractivity contribution in [2.75, 3.05) is 13.6 Å². The molecule has 1 atom stereocenters. The van der Waals surface area contributed by atoms with Crippen molar-refractivity contribution in [1.82, 2.24) is 10.2 Å². The standard InChI is InChI=1S/C11H22N2O.H2S/c1-10(2,3)11(4)7-6-8-13(11)9(14)12-5;/h6-8H2,1-5H3,(H,12,14);1H2/t11-;/m0./s1. The second-order valence-electron chi connectivity index (χ2n) is 5.33. The van der Waals surface area contributed by atoms with Gasteiger partial charge in [-0.05, 0) is 25.2 Å². The highest BCUT2D eigenvalue weighted by atomic mass is 32.1. The molecule has 0 spiro atoms. The van der Waals surface area contributed by atoms with Crippen LogP contribution in [0.15, 0.2) is 0 Å². The maximum Gasteiger partial charge on any atom is 0.317 e. The van der Waals surface area contributed by atoms with E-state index in [0.29, 0.717) is 0 Å². The van der Waals surface area contributed by atoms with E-state index in [9.17, 15) is 4.79 Å². The van der Waals surface area contributed by atoms with Crippen LogP contribution in [0.5, 0.6) is 0 Å². The van der Waals surface area contributed by atoms with Crippen molar-refractivity contribution in [3.63, 3.8) is 0 Å². The SMILES string of the molecule is CNC(=O)N1CCC[C@@]1(C)C(C)(C)C.S. The van der Waals surface area contributed by atoms with Gasteiger partial charge in [-0.25, -0.2) is 4.79 Å². The van der Waals surface area contributed by atoms with Crippen molar-refractivity contribution >= 4 is 19.5 Å². The Morgan fingerprint density at radius 2 is 1.93 bits per heavy atom. The highest BCUT2D eigenvalue weighted by Crippen LogP contribution is 2.43. The van der Waals surface area contributed by atoms with Crippen LogP contribution in [0.25, 0.3) is 0 Å². The lowest BCUT2D eigenvalue weighted by molar-refractivity contribution is 0.0687. The second-order valence-corrected chi connectivity index (χ2v) is 5.33. The first-order valence-electron chi connectivity index (χ1n) is 5.32. The Morgan fingerprint density at radius 1 is 1.40 bits per heavy atom. The van der Waals surface area contributed by atoms with Gasteiger partial charge in [0, 0.05) is 19.1 Å². The molecule has 3 nitrogen and oxygen atoms in total. The Balaban J connectivity index is 0.00000196. The molecule has 1 rings (SSSR count). The van der Waals surface area contributed by atoms with Gasteiger partial charge in [-0.3, -0.25) is 0 Å². The number of nitrogens with zero attached hydrogens (tertiary/aromatic N) is 1. The summed E-state index contributed by atoms with van der Waals surface area (Å²) < 4.78 is 0. The Kier molecular flexibility index (Phi) is 4.52. The van der Waals surface area contributed by atoms with Gasteiger partial charge in [-0.2, -0.15) is 13.5 Å². The summed E-state index contributed by atoms with van der Waals surface area (Å²) in [6, 6.07) is 0.0555. The Labute approximate surface area is 100 Å². The van der Waals surface area contributed by atoms with Crippen LogP contribution in [0.2, 0.25) is 0 Å². The molecule has 1 heterocycles. The lowest BCUT2D eigenvalue weighted by atomic mass is 9.73. The molecule has 0 aromatic rings. The third-order valence-electron chi connectivity index (χ3n) is 3.72. The van der Waals surface area contributed by atoms with Crippen molar-refractivity contribution in [2.45, 2.75) is 46.1 Å². The Morgan fingerprint density at radius 3 is 2.33 bits per heavy atom. The summed E-state index contributed by atoms with van der Waals surface area (Å²) in [5, 5.41) is 2.72. The summed E-state index contributed by atoms with van der Waals surface area (Å²) in [5.41, 5.74) is 0.128. The fourth-order valence-corrected chi connectivity index (χ4v) is 2.20. The van der Waals surface area contributed by atoms with Gasteiger partial charge in [0.2, 0.25) is 0 Å². The first kappa shape index (κ1) is 14.6. The smallest absolute Gasteiger partial charge is 0.317 e. The lowest BCUT2D eigenvalue weighted by Crippen LogP contribution is -2.55. The van der Waals surface area contributed by atoms with Crippen LogP contribution in [0.1, 0.15) is 40.5 Å². The number of amides is 2. The fourth-order valence-electron chi connectivity index (χ4n) is 2.20. The predicted octanol–water partition coefficient (Wildman–Crippen LogP) is 2.34. The number of rotatable bonds is 0. The molecular weight excluding hydrogens is 208 g/mol. The van der Waals surface area contributed by atoms with E-state index in [1.54, 1.807) is 7.05 Å². The van der Waals surface area contributed by atoms with Gasteiger partial charge in [0.25, 0.3) is 0 Å². The molecule has 0 bridgehead atoms. The molecule has 4 heteroatoms. The average molecular weight is 232 g/mol. The zero-order valence-corrected chi connectivity index (χ0v) is 11.5. The summed E-state index contributed by atoms with van der Waals surface area (Å²) >= 11 is 0. The van der Waals surface area contributed by atoms with Crippen molar-refractivity contribution in [2.24, 2.45) is 5.41 Å². The van der Waals surface area contributed by atoms with Crippen LogP contribution in [0, 0.1) is 5.41 Å². The number of hydrogen-bond acceptors (Lipinski definition) is 1. The number of hydrogen-bond donors (Lipinski definition) is 1. The summed E-state index contributed by atoms with van der Waals surface area (Å²) in [4.78, 5) is 13.7. The van der Waals surface area contributed by atoms with Crippen LogP contribution in [-0.4, -0.2) is 30.1 Å². The molecule has 2 amide bonds. The van der Waals surface area contributed by atoms with Crippen LogP contribution < -0.4 is 5.32 Å². The van der Waals surface area contributed by atoms with Crippen LogP contribution >= 0.6 is 13.5 Å². The molecule has 0 aliphatic carbocycles. The molecule has 1 aliphatic rings. The number of carbonyl (C=O) groups is 1. The van der Waals surface area contributed by atoms with Gasteiger partial charge in [-0.1, -0.05) is 20.8 Å². The van der Waals surface area contributed by atoms with E-state index in [1.807, 2.05) is 4.90 Å². The minimum Gasteiger partial charge on any atom is -0.341 e. The van der Waals surface area contributed by atoms with E-state index < -0.39 is 0 Å². The van der Waals surface area contributed by atoms with Gasteiger partial charge < -0.3 is 10.2 Å². The van der Waals surface area contributed by atoms with Crippen molar-refractivity contribution in [1.29, 1.82) is 0 Å². The average Bonchev–Trinajstić information content (AvgIpc) is 2.46. The number of carbonyl (C=O) groups excluding carboxylic acids is 1. The molecule has 0 radical (unpaired) electrons. The van der Waals surface area contributed by atoms with E-state index >= 15 is 0 Å². The largest absolute Gasteiger partial charge is 0.341 e. The van der Waals surface area contributed by atoms with E-state index in [-0.39, 0.29) is 30.5 Å². The Bertz CT molecular complexity index is 237. The fraction of sp³-hybridized carbons (Fsp3) is 0.909. The zero-order valence-electron chi connectivity index (χ0n) is 10.5. The Hall–Kier alpha value is -0.380. The van der Waals surface area contributed by atoms with Crippen LogP contribution in [0.4, 0.5) is 4.79 Å². The van der Waals surface area contributed by atoms with Crippen LogP contribution in [-0.2, 0) is 0 Å². The molecule has 1 N–H and O–H groups in total. The molecule has 0 aromatic carbocycles. The van der Waals surface area contributed by atoms with Crippen molar-refractivity contribution < 1.29 is 4.79 Å². The summed E-state index contributed by atoms with van der Waals surface area (Å²) in [5.74, 6) is 0. The van der Waals surface area contributed by atoms with Gasteiger partial charge in [0.05, 0.1) is 0 Å². The topological polar surface area (TPSA) is 32.3 Å². The minimum atomic E-state index is -0.00685. The molecule has 90 valence electrons. The molecule has 1 aliphatic heterocycles. The van der Waals surface area contributed by atoms with Gasteiger partial charge >= 0.3 is 6.03 Å². The monoisotopic (exact) mass is 232 g/mol. The van der Waals surface area contributed by atoms with E-state index in [4.69, 9.17) is 0 Å². The summed E-state index contributed by atoms with van der Waals surface area (Å²) in [7, 11) is 1.70. The minimum absolute atomic E-state index is 0. The highest BCUT2D eigenvalue weighted by molar-refractivity contribution is 7.59. The third kappa shape index (κ3) is 2.41. The molecular formula is C11H24N2OS.